The molecule has 2 heterocycles. The summed E-state index contributed by atoms with van der Waals surface area (Å²) in [6.45, 7) is 5.52. The Hall–Kier alpha value is -2.70. The molecule has 1 atom stereocenters. The van der Waals surface area contributed by atoms with E-state index in [4.69, 9.17) is 0 Å². The van der Waals surface area contributed by atoms with Crippen LogP contribution in [0.3, 0.4) is 0 Å². The van der Waals surface area contributed by atoms with Crippen molar-refractivity contribution in [2.45, 2.75) is 46.1 Å². The maximum absolute atomic E-state index is 11.8. The molecule has 2 rings (SSSR count). The van der Waals surface area contributed by atoms with Crippen LogP contribution in [0.1, 0.15) is 37.4 Å². The molecule has 0 radical (unpaired) electrons. The lowest BCUT2D eigenvalue weighted by atomic mass is 10.1. The minimum Gasteiger partial charge on any atom is -0.480 e. The second kappa shape index (κ2) is 7.72. The molecule has 7 nitrogen and oxygen atoms in total. The molecule has 0 amide bonds. The number of hydrogen-bond acceptors (Lipinski definition) is 5. The number of nitrogens with zero attached hydrogens (tertiary/aromatic N) is 2. The number of aryl methyl sites for hydroxylation is 1. The molecule has 0 saturated carbocycles. The first-order valence-electron chi connectivity index (χ1n) is 7.95. The largest absolute Gasteiger partial charge is 0.480 e. The maximum Gasteiger partial charge on any atom is 0.326 e. The second-order valence-corrected chi connectivity index (χ2v) is 5.73. The summed E-state index contributed by atoms with van der Waals surface area (Å²) in [7, 11) is 0. The van der Waals surface area contributed by atoms with Gasteiger partial charge in [0.25, 0.3) is 5.56 Å². The van der Waals surface area contributed by atoms with Crippen molar-refractivity contribution < 1.29 is 9.90 Å². The number of unbranched alkanes of at least 4 members (excludes halogenated alkanes) is 1. The van der Waals surface area contributed by atoms with Crippen molar-refractivity contribution in [3.8, 4) is 11.4 Å². The van der Waals surface area contributed by atoms with Gasteiger partial charge in [0.15, 0.2) is 0 Å². The number of nitrogens with one attached hydrogen (secondary N) is 2. The van der Waals surface area contributed by atoms with E-state index in [2.05, 4.69) is 20.3 Å². The van der Waals surface area contributed by atoms with E-state index in [1.54, 1.807) is 32.2 Å². The summed E-state index contributed by atoms with van der Waals surface area (Å²) in [5.74, 6) is 0.0332. The van der Waals surface area contributed by atoms with Crippen LogP contribution in [0.5, 0.6) is 0 Å². The second-order valence-electron chi connectivity index (χ2n) is 5.73. The van der Waals surface area contributed by atoms with Crippen LogP contribution in [0.25, 0.3) is 11.4 Å². The van der Waals surface area contributed by atoms with E-state index < -0.39 is 12.0 Å². The first-order chi connectivity index (χ1) is 11.4. The van der Waals surface area contributed by atoms with Crippen LogP contribution in [0.2, 0.25) is 0 Å². The summed E-state index contributed by atoms with van der Waals surface area (Å²) in [5.41, 5.74) is 1.75. The number of rotatable bonds is 7. The number of aromatic amines is 1. The van der Waals surface area contributed by atoms with Crippen molar-refractivity contribution >= 4 is 11.8 Å². The molecule has 0 aliphatic carbocycles. The molecule has 3 N–H and O–H groups in total. The average molecular weight is 330 g/mol. The lowest BCUT2D eigenvalue weighted by Gasteiger charge is -2.14. The summed E-state index contributed by atoms with van der Waals surface area (Å²) in [6.07, 6.45) is 3.87. The van der Waals surface area contributed by atoms with Gasteiger partial charge in [-0.1, -0.05) is 19.8 Å². The molecule has 0 saturated heterocycles. The Labute approximate surface area is 140 Å². The highest BCUT2D eigenvalue weighted by molar-refractivity contribution is 5.76. The van der Waals surface area contributed by atoms with Gasteiger partial charge in [-0.3, -0.25) is 4.79 Å². The van der Waals surface area contributed by atoms with Gasteiger partial charge >= 0.3 is 5.97 Å². The number of aromatic nitrogens is 3. The van der Waals surface area contributed by atoms with Gasteiger partial charge in [-0.25, -0.2) is 14.8 Å². The van der Waals surface area contributed by atoms with Crippen LogP contribution in [0.15, 0.2) is 23.1 Å². The highest BCUT2D eigenvalue weighted by atomic mass is 16.4. The molecular formula is C17H22N4O3. The van der Waals surface area contributed by atoms with E-state index in [0.29, 0.717) is 34.9 Å². The Morgan fingerprint density at radius 2 is 2.12 bits per heavy atom. The molecule has 0 fully saturated rings. The lowest BCUT2D eigenvalue weighted by Crippen LogP contribution is -2.29. The third kappa shape index (κ3) is 4.18. The molecule has 2 aromatic rings. The van der Waals surface area contributed by atoms with Gasteiger partial charge < -0.3 is 15.4 Å². The molecular weight excluding hydrogens is 308 g/mol. The van der Waals surface area contributed by atoms with Crippen molar-refractivity contribution in [2.24, 2.45) is 0 Å². The Morgan fingerprint density at radius 3 is 2.67 bits per heavy atom. The number of H-pyrrole nitrogens is 1. The van der Waals surface area contributed by atoms with Crippen molar-refractivity contribution in [1.29, 1.82) is 0 Å². The van der Waals surface area contributed by atoms with E-state index in [9.17, 15) is 14.7 Å². The van der Waals surface area contributed by atoms with Crippen LogP contribution in [0, 0.1) is 13.8 Å². The molecule has 128 valence electrons. The van der Waals surface area contributed by atoms with Gasteiger partial charge in [0.2, 0.25) is 0 Å². The lowest BCUT2D eigenvalue weighted by molar-refractivity contribution is -0.138. The van der Waals surface area contributed by atoms with E-state index in [0.717, 1.165) is 12.8 Å². The molecule has 0 bridgehead atoms. The third-order valence-electron chi connectivity index (χ3n) is 3.90. The fourth-order valence-corrected chi connectivity index (χ4v) is 2.25. The van der Waals surface area contributed by atoms with Crippen LogP contribution < -0.4 is 10.9 Å². The van der Waals surface area contributed by atoms with Crippen molar-refractivity contribution in [3.63, 3.8) is 0 Å². The molecule has 0 unspecified atom stereocenters. The first kappa shape index (κ1) is 17.7. The van der Waals surface area contributed by atoms with E-state index in [-0.39, 0.29) is 5.56 Å². The van der Waals surface area contributed by atoms with Gasteiger partial charge in [-0.2, -0.15) is 0 Å². The van der Waals surface area contributed by atoms with Crippen molar-refractivity contribution in [1.82, 2.24) is 15.0 Å². The first-order valence-corrected chi connectivity index (χ1v) is 7.95. The fraction of sp³-hybridized carbons (Fsp3) is 0.412. The summed E-state index contributed by atoms with van der Waals surface area (Å²) in [4.78, 5) is 34.4. The maximum atomic E-state index is 11.8. The molecule has 0 aromatic carbocycles. The molecule has 2 aromatic heterocycles. The van der Waals surface area contributed by atoms with Crippen LogP contribution in [-0.4, -0.2) is 32.1 Å². The van der Waals surface area contributed by atoms with E-state index in [1.807, 2.05) is 6.92 Å². The summed E-state index contributed by atoms with van der Waals surface area (Å²) < 4.78 is 0. The van der Waals surface area contributed by atoms with Gasteiger partial charge in [0.1, 0.15) is 17.7 Å². The monoisotopic (exact) mass is 330 g/mol. The number of carbonyl (C=O) groups is 1. The molecule has 0 aliphatic rings. The van der Waals surface area contributed by atoms with Crippen molar-refractivity contribution in [3.05, 3.63) is 39.9 Å². The van der Waals surface area contributed by atoms with Crippen molar-refractivity contribution in [2.75, 3.05) is 5.32 Å². The van der Waals surface area contributed by atoms with Gasteiger partial charge in [0, 0.05) is 23.0 Å². The van der Waals surface area contributed by atoms with Crippen LogP contribution in [-0.2, 0) is 4.79 Å². The zero-order valence-corrected chi connectivity index (χ0v) is 14.1. The van der Waals surface area contributed by atoms with E-state index in [1.165, 1.54) is 0 Å². The van der Waals surface area contributed by atoms with Crippen LogP contribution in [0.4, 0.5) is 5.82 Å². The average Bonchev–Trinajstić information content (AvgIpc) is 2.56. The zero-order valence-electron chi connectivity index (χ0n) is 14.1. The van der Waals surface area contributed by atoms with E-state index >= 15 is 0 Å². The predicted octanol–water partition coefficient (Wildman–Crippen LogP) is 2.50. The Kier molecular flexibility index (Phi) is 5.68. The predicted molar refractivity (Wildman–Crippen MR) is 92.1 cm³/mol. The SMILES string of the molecule is CCCC[C@H](Nc1ccc(-c2nc(C)c(C)c(=O)[nH]2)cn1)C(=O)O. The normalized spacial score (nSPS) is 12.0. The number of anilines is 1. The quantitative estimate of drug-likeness (QED) is 0.720. The molecule has 0 spiro atoms. The summed E-state index contributed by atoms with van der Waals surface area (Å²) in [5, 5.41) is 12.2. The molecule has 0 aliphatic heterocycles. The topological polar surface area (TPSA) is 108 Å². The summed E-state index contributed by atoms with van der Waals surface area (Å²) in [6, 6.07) is 2.77. The molecule has 7 heteroatoms. The number of carboxylic acid groups (broad SMARTS) is 1. The Morgan fingerprint density at radius 1 is 1.38 bits per heavy atom. The van der Waals surface area contributed by atoms with Gasteiger partial charge in [-0.15, -0.1) is 0 Å². The fourth-order valence-electron chi connectivity index (χ4n) is 2.25. The number of pyridine rings is 1. The van der Waals surface area contributed by atoms with Gasteiger partial charge in [-0.05, 0) is 32.4 Å². The highest BCUT2D eigenvalue weighted by Crippen LogP contribution is 2.16. The molecule has 24 heavy (non-hydrogen) atoms. The van der Waals surface area contributed by atoms with Gasteiger partial charge in [0.05, 0.1) is 0 Å². The minimum atomic E-state index is -0.894. The highest BCUT2D eigenvalue weighted by Gasteiger charge is 2.17. The smallest absolute Gasteiger partial charge is 0.326 e. The Bertz CT molecular complexity index is 768. The minimum absolute atomic E-state index is 0.176. The van der Waals surface area contributed by atoms with Crippen LogP contribution >= 0.6 is 0 Å². The number of aliphatic carboxylic acids is 1. The Balaban J connectivity index is 2.18. The third-order valence-corrected chi connectivity index (χ3v) is 3.90. The summed E-state index contributed by atoms with van der Waals surface area (Å²) >= 11 is 0. The number of hydrogen-bond donors (Lipinski definition) is 3. The zero-order chi connectivity index (χ0) is 17.7. The number of carboxylic acids is 1. The standard InChI is InChI=1S/C17H22N4O3/c1-4-5-6-13(17(23)24)20-14-8-7-12(9-18-14)15-19-11(3)10(2)16(22)21-15/h7-9,13H,4-6H2,1-3H3,(H,18,20)(H,23,24)(H,19,21,22)/t13-/m0/s1.